The number of nitrogens with one attached hydrogen (secondary N) is 2. The Labute approximate surface area is 166 Å². The molecule has 7 heteroatoms. The lowest BCUT2D eigenvalue weighted by molar-refractivity contribution is -0.132. The number of likely N-dealkylation sites (tertiary alicyclic amines) is 1. The van der Waals surface area contributed by atoms with Crippen molar-refractivity contribution in [2.45, 2.75) is 64.6 Å². The number of nitrogens with zero attached hydrogens (tertiary/aromatic N) is 4. The van der Waals surface area contributed by atoms with Crippen LogP contribution in [0.1, 0.15) is 47.7 Å². The number of pyridine rings is 1. The summed E-state index contributed by atoms with van der Waals surface area (Å²) < 4.78 is 1.97. The highest BCUT2D eigenvalue weighted by Crippen LogP contribution is 2.31. The van der Waals surface area contributed by atoms with Crippen LogP contribution in [0.3, 0.4) is 0 Å². The van der Waals surface area contributed by atoms with Crippen molar-refractivity contribution in [2.24, 2.45) is 0 Å². The molecule has 0 aliphatic carbocycles. The molecule has 2 aliphatic rings. The molecule has 0 aromatic carbocycles. The van der Waals surface area contributed by atoms with Gasteiger partial charge in [-0.2, -0.15) is 5.10 Å². The van der Waals surface area contributed by atoms with Crippen molar-refractivity contribution in [2.75, 3.05) is 13.1 Å². The number of aryl methyl sites for hydroxylation is 2. The van der Waals surface area contributed by atoms with Gasteiger partial charge in [0.15, 0.2) is 0 Å². The van der Waals surface area contributed by atoms with Crippen LogP contribution < -0.4 is 10.9 Å². The minimum Gasteiger partial charge on any atom is -0.338 e. The Balaban J connectivity index is 1.44. The average Bonchev–Trinajstić information content (AvgIpc) is 3.43. The van der Waals surface area contributed by atoms with E-state index in [4.69, 9.17) is 0 Å². The number of hydrogen-bond acceptors (Lipinski definition) is 5. The third-order valence-corrected chi connectivity index (χ3v) is 6.47. The molecule has 2 aliphatic heterocycles. The fraction of sp³-hybridized carbons (Fsp3) is 0.571. The maximum absolute atomic E-state index is 13.1. The van der Waals surface area contributed by atoms with E-state index < -0.39 is 0 Å². The molecule has 0 spiro atoms. The van der Waals surface area contributed by atoms with Crippen molar-refractivity contribution in [1.82, 2.24) is 30.5 Å². The Kier molecular flexibility index (Phi) is 5.46. The minimum absolute atomic E-state index is 0.225. The molecule has 1 amide bonds. The summed E-state index contributed by atoms with van der Waals surface area (Å²) in [6.45, 7) is 8.55. The second-order valence-electron chi connectivity index (χ2n) is 8.00. The molecule has 0 radical (unpaired) electrons. The first-order valence-corrected chi connectivity index (χ1v) is 10.2. The van der Waals surface area contributed by atoms with Crippen LogP contribution in [0.4, 0.5) is 0 Å². The van der Waals surface area contributed by atoms with Crippen LogP contribution in [0.15, 0.2) is 24.5 Å². The molecule has 3 unspecified atom stereocenters. The molecule has 2 aromatic heterocycles. The van der Waals surface area contributed by atoms with Gasteiger partial charge in [-0.05, 0) is 56.9 Å². The van der Waals surface area contributed by atoms with Gasteiger partial charge in [-0.15, -0.1) is 0 Å². The normalized spacial score (nSPS) is 24.8. The van der Waals surface area contributed by atoms with E-state index in [1.807, 2.05) is 24.0 Å². The summed E-state index contributed by atoms with van der Waals surface area (Å²) in [7, 11) is 0. The molecule has 2 saturated heterocycles. The van der Waals surface area contributed by atoms with Crippen LogP contribution >= 0.6 is 0 Å². The van der Waals surface area contributed by atoms with E-state index in [1.165, 1.54) is 11.1 Å². The molecule has 4 rings (SSSR count). The molecule has 2 aromatic rings. The van der Waals surface area contributed by atoms with Gasteiger partial charge in [0.25, 0.3) is 0 Å². The zero-order valence-electron chi connectivity index (χ0n) is 17.0. The van der Waals surface area contributed by atoms with Gasteiger partial charge in [0, 0.05) is 62.1 Å². The standard InChI is InChI=1S/C21H30N6O/c1-14-15(2)25-27(16(14)3)12-8-20(28)26-11-4-5-19(26)21-18(13-23-24-21)17-6-9-22-10-7-17/h6-7,9-10,18-19,21,23-24H,4-5,8,11-13H2,1-3H3. The van der Waals surface area contributed by atoms with Gasteiger partial charge in [-0.1, -0.05) is 0 Å². The van der Waals surface area contributed by atoms with Crippen LogP contribution in [-0.4, -0.2) is 50.7 Å². The molecule has 2 N–H and O–H groups in total. The molecule has 0 bridgehead atoms. The summed E-state index contributed by atoms with van der Waals surface area (Å²) >= 11 is 0. The number of hydrogen-bond donors (Lipinski definition) is 2. The Morgan fingerprint density at radius 2 is 2.04 bits per heavy atom. The molecule has 28 heavy (non-hydrogen) atoms. The maximum atomic E-state index is 13.1. The van der Waals surface area contributed by atoms with Crippen LogP contribution in [0.2, 0.25) is 0 Å². The third kappa shape index (κ3) is 3.56. The summed E-state index contributed by atoms with van der Waals surface area (Å²) in [5.74, 6) is 0.579. The summed E-state index contributed by atoms with van der Waals surface area (Å²) in [4.78, 5) is 19.3. The molecular weight excluding hydrogens is 352 g/mol. The van der Waals surface area contributed by atoms with E-state index >= 15 is 0 Å². The second kappa shape index (κ2) is 8.01. The van der Waals surface area contributed by atoms with E-state index in [0.29, 0.717) is 18.9 Å². The van der Waals surface area contributed by atoms with Crippen molar-refractivity contribution >= 4 is 5.91 Å². The summed E-state index contributed by atoms with van der Waals surface area (Å²) in [6, 6.07) is 4.62. The van der Waals surface area contributed by atoms with Gasteiger partial charge < -0.3 is 4.90 Å². The first-order valence-electron chi connectivity index (χ1n) is 10.2. The van der Waals surface area contributed by atoms with Crippen LogP contribution in [0.25, 0.3) is 0 Å². The number of rotatable bonds is 5. The predicted octanol–water partition coefficient (Wildman–Crippen LogP) is 1.84. The van der Waals surface area contributed by atoms with Crippen molar-refractivity contribution in [3.05, 3.63) is 47.0 Å². The van der Waals surface area contributed by atoms with E-state index in [9.17, 15) is 4.79 Å². The van der Waals surface area contributed by atoms with Crippen LogP contribution in [0.5, 0.6) is 0 Å². The zero-order chi connectivity index (χ0) is 19.7. The molecule has 3 atom stereocenters. The fourth-order valence-electron chi connectivity index (χ4n) is 4.64. The molecule has 7 nitrogen and oxygen atoms in total. The molecule has 150 valence electrons. The average molecular weight is 383 g/mol. The molecule has 4 heterocycles. The van der Waals surface area contributed by atoms with Gasteiger partial charge in [0.2, 0.25) is 5.91 Å². The largest absolute Gasteiger partial charge is 0.338 e. The van der Waals surface area contributed by atoms with Crippen molar-refractivity contribution in [1.29, 1.82) is 0 Å². The second-order valence-corrected chi connectivity index (χ2v) is 8.00. The molecule has 0 saturated carbocycles. The van der Waals surface area contributed by atoms with Gasteiger partial charge in [-0.25, -0.2) is 0 Å². The van der Waals surface area contributed by atoms with Crippen molar-refractivity contribution < 1.29 is 4.79 Å². The Morgan fingerprint density at radius 3 is 2.75 bits per heavy atom. The van der Waals surface area contributed by atoms with Gasteiger partial charge in [0.05, 0.1) is 5.69 Å². The van der Waals surface area contributed by atoms with Crippen LogP contribution in [0, 0.1) is 20.8 Å². The van der Waals surface area contributed by atoms with Gasteiger partial charge >= 0.3 is 0 Å². The number of aromatic nitrogens is 3. The molecular formula is C21H30N6O. The highest BCUT2D eigenvalue weighted by molar-refractivity contribution is 5.77. The monoisotopic (exact) mass is 382 g/mol. The van der Waals surface area contributed by atoms with E-state index in [-0.39, 0.29) is 18.0 Å². The first kappa shape index (κ1) is 19.1. The van der Waals surface area contributed by atoms with Gasteiger partial charge in [-0.3, -0.25) is 25.3 Å². The molecule has 2 fully saturated rings. The topological polar surface area (TPSA) is 75.1 Å². The fourth-order valence-corrected chi connectivity index (χ4v) is 4.64. The van der Waals surface area contributed by atoms with E-state index in [1.54, 1.807) is 0 Å². The number of carbonyl (C=O) groups excluding carboxylic acids is 1. The highest BCUT2D eigenvalue weighted by atomic mass is 16.2. The lowest BCUT2D eigenvalue weighted by Gasteiger charge is -2.32. The predicted molar refractivity (Wildman–Crippen MR) is 108 cm³/mol. The summed E-state index contributed by atoms with van der Waals surface area (Å²) in [6.07, 6.45) is 6.30. The minimum atomic E-state index is 0.225. The van der Waals surface area contributed by atoms with E-state index in [2.05, 4.69) is 51.8 Å². The highest BCUT2D eigenvalue weighted by Gasteiger charge is 2.41. The quantitative estimate of drug-likeness (QED) is 0.825. The third-order valence-electron chi connectivity index (χ3n) is 6.47. The van der Waals surface area contributed by atoms with E-state index in [0.717, 1.165) is 37.3 Å². The lowest BCUT2D eigenvalue weighted by atomic mass is 9.88. The Bertz CT molecular complexity index is 833. The first-order chi connectivity index (χ1) is 13.6. The number of hydrazine groups is 1. The Hall–Kier alpha value is -2.25. The summed E-state index contributed by atoms with van der Waals surface area (Å²) in [5, 5.41) is 4.57. The number of amides is 1. The zero-order valence-corrected chi connectivity index (χ0v) is 17.0. The SMILES string of the molecule is Cc1nn(CCC(=O)N2CCCC2C2NNCC2c2ccncc2)c(C)c1C. The van der Waals surface area contributed by atoms with Crippen LogP contribution in [-0.2, 0) is 11.3 Å². The Morgan fingerprint density at radius 1 is 1.25 bits per heavy atom. The lowest BCUT2D eigenvalue weighted by Crippen LogP contribution is -2.50. The van der Waals surface area contributed by atoms with Gasteiger partial charge in [0.1, 0.15) is 0 Å². The summed E-state index contributed by atoms with van der Waals surface area (Å²) in [5.41, 5.74) is 11.4. The van der Waals surface area contributed by atoms with Crippen molar-refractivity contribution in [3.8, 4) is 0 Å². The maximum Gasteiger partial charge on any atom is 0.224 e. The van der Waals surface area contributed by atoms with Crippen molar-refractivity contribution in [3.63, 3.8) is 0 Å². The number of carbonyl (C=O) groups is 1. The smallest absolute Gasteiger partial charge is 0.224 e.